The second-order valence-electron chi connectivity index (χ2n) is 5.07. The van der Waals surface area contributed by atoms with Crippen molar-refractivity contribution < 1.29 is 18.3 Å². The van der Waals surface area contributed by atoms with Crippen molar-refractivity contribution in [1.82, 2.24) is 4.72 Å². The molecule has 118 valence electrons. The molecule has 1 saturated heterocycles. The van der Waals surface area contributed by atoms with Crippen LogP contribution in [0.5, 0.6) is 0 Å². The highest BCUT2D eigenvalue weighted by molar-refractivity contribution is 7.89. The number of benzene rings is 1. The summed E-state index contributed by atoms with van der Waals surface area (Å²) in [4.78, 5) is 2.06. The SMILES string of the molecule is CNS(=O)(=O)c1cc(N)ccc1N1CC(CO)OCC1C. The van der Waals surface area contributed by atoms with Crippen molar-refractivity contribution in [3.63, 3.8) is 0 Å². The fourth-order valence-electron chi connectivity index (χ4n) is 2.36. The van der Waals surface area contributed by atoms with E-state index in [0.29, 0.717) is 24.5 Å². The lowest BCUT2D eigenvalue weighted by Gasteiger charge is -2.39. The van der Waals surface area contributed by atoms with Gasteiger partial charge < -0.3 is 20.5 Å². The molecule has 0 amide bonds. The van der Waals surface area contributed by atoms with Crippen molar-refractivity contribution in [2.24, 2.45) is 0 Å². The topological polar surface area (TPSA) is 105 Å². The molecular formula is C13H21N3O4S. The monoisotopic (exact) mass is 315 g/mol. The van der Waals surface area contributed by atoms with Crippen LogP contribution >= 0.6 is 0 Å². The average molecular weight is 315 g/mol. The van der Waals surface area contributed by atoms with Gasteiger partial charge in [0, 0.05) is 18.3 Å². The predicted octanol–water partition coefficient (Wildman–Crippen LogP) is -0.237. The number of nitrogens with zero attached hydrogens (tertiary/aromatic N) is 1. The fraction of sp³-hybridized carbons (Fsp3) is 0.538. The molecule has 0 aliphatic carbocycles. The van der Waals surface area contributed by atoms with E-state index >= 15 is 0 Å². The Balaban J connectivity index is 2.47. The van der Waals surface area contributed by atoms with Gasteiger partial charge in [0.2, 0.25) is 10.0 Å². The zero-order valence-corrected chi connectivity index (χ0v) is 12.9. The van der Waals surface area contributed by atoms with Crippen molar-refractivity contribution >= 4 is 21.4 Å². The molecule has 0 saturated carbocycles. The van der Waals surface area contributed by atoms with E-state index in [0.717, 1.165) is 0 Å². The highest BCUT2D eigenvalue weighted by Crippen LogP contribution is 2.30. The summed E-state index contributed by atoms with van der Waals surface area (Å²) < 4.78 is 32.2. The maximum atomic E-state index is 12.2. The summed E-state index contributed by atoms with van der Waals surface area (Å²) in [7, 11) is -2.26. The minimum atomic E-state index is -3.62. The molecule has 0 spiro atoms. The molecule has 0 bridgehead atoms. The fourth-order valence-corrected chi connectivity index (χ4v) is 3.33. The van der Waals surface area contributed by atoms with Crippen LogP contribution in [0.1, 0.15) is 6.92 Å². The first kappa shape index (κ1) is 16.0. The summed E-state index contributed by atoms with van der Waals surface area (Å²) >= 11 is 0. The highest BCUT2D eigenvalue weighted by Gasteiger charge is 2.30. The average Bonchev–Trinajstić information content (AvgIpc) is 2.48. The molecule has 1 aliphatic rings. The van der Waals surface area contributed by atoms with Gasteiger partial charge in [0.1, 0.15) is 4.90 Å². The van der Waals surface area contributed by atoms with Crippen LogP contribution in [-0.2, 0) is 14.8 Å². The second kappa shape index (κ2) is 6.18. The summed E-state index contributed by atoms with van der Waals surface area (Å²) in [5.41, 5.74) is 6.67. The van der Waals surface area contributed by atoms with Gasteiger partial charge in [-0.15, -0.1) is 0 Å². The lowest BCUT2D eigenvalue weighted by Crippen LogP contribution is -2.50. The molecule has 2 atom stereocenters. The van der Waals surface area contributed by atoms with E-state index in [9.17, 15) is 13.5 Å². The third kappa shape index (κ3) is 3.29. The molecule has 1 heterocycles. The van der Waals surface area contributed by atoms with Crippen LogP contribution in [0.15, 0.2) is 23.1 Å². The van der Waals surface area contributed by atoms with Gasteiger partial charge in [-0.25, -0.2) is 13.1 Å². The highest BCUT2D eigenvalue weighted by atomic mass is 32.2. The van der Waals surface area contributed by atoms with Crippen molar-refractivity contribution in [3.8, 4) is 0 Å². The molecule has 21 heavy (non-hydrogen) atoms. The van der Waals surface area contributed by atoms with Gasteiger partial charge in [-0.3, -0.25) is 0 Å². The van der Waals surface area contributed by atoms with Gasteiger partial charge in [-0.05, 0) is 32.2 Å². The zero-order chi connectivity index (χ0) is 15.6. The Kier molecular flexibility index (Phi) is 4.72. The molecule has 2 unspecified atom stereocenters. The summed E-state index contributed by atoms with van der Waals surface area (Å²) in [5.74, 6) is 0. The lowest BCUT2D eigenvalue weighted by atomic mass is 10.1. The standard InChI is InChI=1S/C13H21N3O4S/c1-9-8-20-11(7-17)6-16(9)12-4-3-10(14)5-13(12)21(18,19)15-2/h3-5,9,11,15,17H,6-8,14H2,1-2H3. The van der Waals surface area contributed by atoms with Crippen molar-refractivity contribution in [3.05, 3.63) is 18.2 Å². The summed E-state index contributed by atoms with van der Waals surface area (Å²) in [6.07, 6.45) is -0.330. The minimum Gasteiger partial charge on any atom is -0.399 e. The number of hydrogen-bond donors (Lipinski definition) is 3. The first-order valence-electron chi connectivity index (χ1n) is 6.71. The molecule has 0 radical (unpaired) electrons. The van der Waals surface area contributed by atoms with Gasteiger partial charge >= 0.3 is 0 Å². The number of sulfonamides is 1. The van der Waals surface area contributed by atoms with Crippen LogP contribution < -0.4 is 15.4 Å². The van der Waals surface area contributed by atoms with Crippen LogP contribution in [-0.4, -0.2) is 52.5 Å². The minimum absolute atomic E-state index is 0.00207. The number of rotatable bonds is 4. The molecule has 0 aromatic heterocycles. The Hall–Kier alpha value is -1.35. The number of aliphatic hydroxyl groups excluding tert-OH is 1. The molecule has 1 fully saturated rings. The van der Waals surface area contributed by atoms with Gasteiger partial charge in [-0.1, -0.05) is 0 Å². The van der Waals surface area contributed by atoms with E-state index in [1.165, 1.54) is 13.1 Å². The zero-order valence-electron chi connectivity index (χ0n) is 12.1. The summed E-state index contributed by atoms with van der Waals surface area (Å²) in [6.45, 7) is 2.69. The molecule has 4 N–H and O–H groups in total. The lowest BCUT2D eigenvalue weighted by molar-refractivity contribution is -0.0104. The molecule has 8 heteroatoms. The Bertz CT molecular complexity index is 605. The molecule has 2 rings (SSSR count). The van der Waals surface area contributed by atoms with Crippen LogP contribution in [0.4, 0.5) is 11.4 Å². The molecular weight excluding hydrogens is 294 g/mol. The smallest absolute Gasteiger partial charge is 0.242 e. The second-order valence-corrected chi connectivity index (χ2v) is 6.93. The van der Waals surface area contributed by atoms with Crippen LogP contribution in [0.3, 0.4) is 0 Å². The van der Waals surface area contributed by atoms with E-state index in [1.54, 1.807) is 12.1 Å². The van der Waals surface area contributed by atoms with Gasteiger partial charge in [0.05, 0.1) is 25.0 Å². The largest absolute Gasteiger partial charge is 0.399 e. The number of ether oxygens (including phenoxy) is 1. The quantitative estimate of drug-likeness (QED) is 0.663. The third-order valence-corrected chi connectivity index (χ3v) is 5.00. The molecule has 1 aromatic rings. The number of morpholine rings is 1. The van der Waals surface area contributed by atoms with Gasteiger partial charge in [-0.2, -0.15) is 0 Å². The number of nitrogen functional groups attached to an aromatic ring is 1. The Labute approximate surface area is 124 Å². The number of aliphatic hydroxyl groups is 1. The molecule has 1 aliphatic heterocycles. The van der Waals surface area contributed by atoms with Crippen molar-refractivity contribution in [1.29, 1.82) is 0 Å². The summed E-state index contributed by atoms with van der Waals surface area (Å²) in [6, 6.07) is 4.80. The first-order valence-corrected chi connectivity index (χ1v) is 8.19. The summed E-state index contributed by atoms with van der Waals surface area (Å²) in [5, 5.41) is 9.26. The van der Waals surface area contributed by atoms with E-state index in [2.05, 4.69) is 4.72 Å². The number of hydrogen-bond acceptors (Lipinski definition) is 6. The van der Waals surface area contributed by atoms with E-state index in [4.69, 9.17) is 10.5 Å². The normalized spacial score (nSPS) is 23.3. The van der Waals surface area contributed by atoms with Crippen LogP contribution in [0.25, 0.3) is 0 Å². The van der Waals surface area contributed by atoms with Crippen molar-refractivity contribution in [2.75, 3.05) is 37.4 Å². The van der Waals surface area contributed by atoms with Crippen LogP contribution in [0.2, 0.25) is 0 Å². The van der Waals surface area contributed by atoms with E-state index in [-0.39, 0.29) is 23.6 Å². The molecule has 7 nitrogen and oxygen atoms in total. The third-order valence-electron chi connectivity index (χ3n) is 3.56. The van der Waals surface area contributed by atoms with Gasteiger partial charge in [0.25, 0.3) is 0 Å². The van der Waals surface area contributed by atoms with E-state index < -0.39 is 10.0 Å². The molecule has 1 aromatic carbocycles. The Morgan fingerprint density at radius 3 is 2.86 bits per heavy atom. The van der Waals surface area contributed by atoms with Gasteiger partial charge in [0.15, 0.2) is 0 Å². The van der Waals surface area contributed by atoms with E-state index in [1.807, 2.05) is 11.8 Å². The predicted molar refractivity (Wildman–Crippen MR) is 80.7 cm³/mol. The number of nitrogens with two attached hydrogens (primary N) is 1. The van der Waals surface area contributed by atoms with Crippen LogP contribution in [0, 0.1) is 0 Å². The number of nitrogens with one attached hydrogen (secondary N) is 1. The maximum Gasteiger partial charge on any atom is 0.242 e. The Morgan fingerprint density at radius 1 is 1.52 bits per heavy atom. The Morgan fingerprint density at radius 2 is 2.24 bits per heavy atom. The number of anilines is 2. The van der Waals surface area contributed by atoms with Crippen molar-refractivity contribution in [2.45, 2.75) is 24.0 Å². The maximum absolute atomic E-state index is 12.2. The first-order chi connectivity index (χ1) is 9.89.